The monoisotopic (exact) mass is 261 g/mol. The van der Waals surface area contributed by atoms with E-state index in [0.29, 0.717) is 0 Å². The Balaban J connectivity index is 2.52. The van der Waals surface area contributed by atoms with E-state index in [4.69, 9.17) is 12.2 Å². The Kier molecular flexibility index (Phi) is 3.39. The molecule has 2 rings (SSSR count). The summed E-state index contributed by atoms with van der Waals surface area (Å²) in [6.45, 7) is 8.69. The largest absolute Gasteiger partial charge is 0.337 e. The van der Waals surface area contributed by atoms with E-state index in [2.05, 4.69) is 42.2 Å². The molecule has 0 saturated carbocycles. The molecule has 0 radical (unpaired) electrons. The van der Waals surface area contributed by atoms with Gasteiger partial charge in [0.2, 0.25) is 0 Å². The quantitative estimate of drug-likeness (QED) is 0.833. The molecule has 0 amide bonds. The number of nitrogens with zero attached hydrogens (tertiary/aromatic N) is 2. The van der Waals surface area contributed by atoms with Crippen LogP contribution in [0.15, 0.2) is 30.6 Å². The number of pyridine rings is 1. The van der Waals surface area contributed by atoms with Crippen LogP contribution in [0.25, 0.3) is 0 Å². The molecule has 96 valence electrons. The average Bonchev–Trinajstić information content (AvgIpc) is 2.71. The van der Waals surface area contributed by atoms with Crippen LogP contribution in [0.1, 0.15) is 45.1 Å². The Morgan fingerprint density at radius 3 is 2.61 bits per heavy atom. The Bertz CT molecular complexity index is 575. The summed E-state index contributed by atoms with van der Waals surface area (Å²) in [5.74, 6) is 0. The lowest BCUT2D eigenvalue weighted by Crippen LogP contribution is -2.21. The van der Waals surface area contributed by atoms with Gasteiger partial charge in [0.05, 0.1) is 11.7 Å². The van der Waals surface area contributed by atoms with Crippen molar-refractivity contribution in [3.63, 3.8) is 0 Å². The predicted molar refractivity (Wildman–Crippen MR) is 76.4 cm³/mol. The Hall–Kier alpha value is -1.42. The van der Waals surface area contributed by atoms with Crippen LogP contribution >= 0.6 is 12.2 Å². The third kappa shape index (κ3) is 2.38. The van der Waals surface area contributed by atoms with E-state index in [9.17, 15) is 0 Å². The van der Waals surface area contributed by atoms with E-state index in [1.165, 1.54) is 5.69 Å². The number of nitrogens with one attached hydrogen (secondary N) is 1. The maximum absolute atomic E-state index is 5.40. The average molecular weight is 261 g/mol. The first-order valence-corrected chi connectivity index (χ1v) is 6.53. The van der Waals surface area contributed by atoms with Gasteiger partial charge in [-0.25, -0.2) is 0 Å². The van der Waals surface area contributed by atoms with Crippen molar-refractivity contribution in [2.75, 3.05) is 0 Å². The summed E-state index contributed by atoms with van der Waals surface area (Å²) in [4.78, 5) is 7.56. The molecule has 2 heterocycles. The van der Waals surface area contributed by atoms with Crippen LogP contribution in [0.3, 0.4) is 0 Å². The van der Waals surface area contributed by atoms with Crippen molar-refractivity contribution in [1.29, 1.82) is 0 Å². The molecule has 0 aliphatic heterocycles. The highest BCUT2D eigenvalue weighted by atomic mass is 32.1. The van der Waals surface area contributed by atoms with Crippen molar-refractivity contribution in [3.8, 4) is 0 Å². The fraction of sp³-hybridized carbons (Fsp3) is 0.429. The highest BCUT2D eigenvalue weighted by Gasteiger charge is 2.22. The van der Waals surface area contributed by atoms with Gasteiger partial charge in [-0.2, -0.15) is 0 Å². The van der Waals surface area contributed by atoms with Gasteiger partial charge in [0, 0.05) is 23.5 Å². The van der Waals surface area contributed by atoms with Gasteiger partial charge in [-0.1, -0.05) is 26.8 Å². The van der Waals surface area contributed by atoms with Crippen LogP contribution in [0, 0.1) is 4.77 Å². The van der Waals surface area contributed by atoms with Gasteiger partial charge in [-0.05, 0) is 31.3 Å². The Labute approximate surface area is 113 Å². The first kappa shape index (κ1) is 13.0. The highest BCUT2D eigenvalue weighted by Crippen LogP contribution is 2.27. The zero-order chi connectivity index (χ0) is 13.3. The first-order chi connectivity index (χ1) is 8.41. The molecule has 2 aromatic heterocycles. The molecule has 0 bridgehead atoms. The van der Waals surface area contributed by atoms with E-state index in [1.807, 2.05) is 30.6 Å². The standard InChI is InChI=1S/C14H19N3S/c1-10(11-7-5-6-8-15-11)17-12(14(2,3)4)9-16-13(17)18/h5-10H,1-4H3,(H,16,18). The molecule has 18 heavy (non-hydrogen) atoms. The molecule has 0 spiro atoms. The summed E-state index contributed by atoms with van der Waals surface area (Å²) < 4.78 is 2.90. The van der Waals surface area contributed by atoms with Crippen molar-refractivity contribution in [3.05, 3.63) is 46.8 Å². The number of rotatable bonds is 2. The second-order valence-corrected chi connectivity index (χ2v) is 5.92. The third-order valence-corrected chi connectivity index (χ3v) is 3.40. The Morgan fingerprint density at radius 2 is 2.06 bits per heavy atom. The molecule has 0 aromatic carbocycles. The molecule has 0 aliphatic carbocycles. The summed E-state index contributed by atoms with van der Waals surface area (Å²) in [5, 5.41) is 0. The van der Waals surface area contributed by atoms with Crippen LogP contribution in [-0.2, 0) is 5.41 Å². The number of imidazole rings is 1. The van der Waals surface area contributed by atoms with Gasteiger partial charge in [0.1, 0.15) is 0 Å². The number of H-pyrrole nitrogens is 1. The van der Waals surface area contributed by atoms with Crippen molar-refractivity contribution < 1.29 is 0 Å². The van der Waals surface area contributed by atoms with Crippen LogP contribution in [0.2, 0.25) is 0 Å². The molecule has 4 heteroatoms. The molecular weight excluding hydrogens is 242 g/mol. The lowest BCUT2D eigenvalue weighted by molar-refractivity contribution is 0.490. The van der Waals surface area contributed by atoms with E-state index < -0.39 is 0 Å². The van der Waals surface area contributed by atoms with Gasteiger partial charge >= 0.3 is 0 Å². The van der Waals surface area contributed by atoms with Gasteiger partial charge in [0.25, 0.3) is 0 Å². The normalized spacial score (nSPS) is 13.6. The fourth-order valence-electron chi connectivity index (χ4n) is 2.10. The van der Waals surface area contributed by atoms with Crippen molar-refractivity contribution in [2.24, 2.45) is 0 Å². The van der Waals surface area contributed by atoms with Crippen molar-refractivity contribution >= 4 is 12.2 Å². The summed E-state index contributed by atoms with van der Waals surface area (Å²) in [5.41, 5.74) is 2.28. The Morgan fingerprint density at radius 1 is 1.33 bits per heavy atom. The molecular formula is C14H19N3S. The van der Waals surface area contributed by atoms with Crippen LogP contribution in [0.4, 0.5) is 0 Å². The lowest BCUT2D eigenvalue weighted by atomic mass is 9.92. The smallest absolute Gasteiger partial charge is 0.177 e. The van der Waals surface area contributed by atoms with Crippen LogP contribution in [0.5, 0.6) is 0 Å². The second-order valence-electron chi connectivity index (χ2n) is 5.53. The van der Waals surface area contributed by atoms with Gasteiger partial charge in [0.15, 0.2) is 4.77 Å². The predicted octanol–water partition coefficient (Wildman–Crippen LogP) is 3.85. The minimum Gasteiger partial charge on any atom is -0.337 e. The number of hydrogen-bond acceptors (Lipinski definition) is 2. The minimum absolute atomic E-state index is 0.0522. The minimum atomic E-state index is 0.0522. The van der Waals surface area contributed by atoms with Crippen LogP contribution in [-0.4, -0.2) is 14.5 Å². The summed E-state index contributed by atoms with van der Waals surface area (Å²) in [6.07, 6.45) is 3.82. The highest BCUT2D eigenvalue weighted by molar-refractivity contribution is 7.71. The van der Waals surface area contributed by atoms with Gasteiger partial charge in [-0.15, -0.1) is 0 Å². The summed E-state index contributed by atoms with van der Waals surface area (Å²) in [7, 11) is 0. The van der Waals surface area contributed by atoms with E-state index in [1.54, 1.807) is 0 Å². The summed E-state index contributed by atoms with van der Waals surface area (Å²) in [6, 6.07) is 6.11. The molecule has 0 aliphatic rings. The number of aromatic nitrogens is 3. The lowest BCUT2D eigenvalue weighted by Gasteiger charge is -2.24. The molecule has 1 N–H and O–H groups in total. The molecule has 1 unspecified atom stereocenters. The second kappa shape index (κ2) is 4.69. The maximum Gasteiger partial charge on any atom is 0.177 e. The molecule has 1 atom stereocenters. The van der Waals surface area contributed by atoms with E-state index >= 15 is 0 Å². The molecule has 0 saturated heterocycles. The van der Waals surface area contributed by atoms with Gasteiger partial charge < -0.3 is 9.55 Å². The number of aromatic amines is 1. The molecule has 3 nitrogen and oxygen atoms in total. The topological polar surface area (TPSA) is 33.6 Å². The molecule has 2 aromatic rings. The zero-order valence-corrected chi connectivity index (χ0v) is 12.1. The number of hydrogen-bond donors (Lipinski definition) is 1. The van der Waals surface area contributed by atoms with Crippen LogP contribution < -0.4 is 0 Å². The molecule has 0 fully saturated rings. The van der Waals surface area contributed by atoms with E-state index in [-0.39, 0.29) is 11.5 Å². The maximum atomic E-state index is 5.40. The zero-order valence-electron chi connectivity index (χ0n) is 11.3. The first-order valence-electron chi connectivity index (χ1n) is 6.12. The van der Waals surface area contributed by atoms with Crippen molar-refractivity contribution in [2.45, 2.75) is 39.2 Å². The SMILES string of the molecule is CC(c1ccccn1)n1c(C(C)(C)C)c[nH]c1=S. The summed E-state index contributed by atoms with van der Waals surface area (Å²) >= 11 is 5.40. The fourth-order valence-corrected chi connectivity index (χ4v) is 2.41. The van der Waals surface area contributed by atoms with Crippen molar-refractivity contribution in [1.82, 2.24) is 14.5 Å². The van der Waals surface area contributed by atoms with Gasteiger partial charge in [-0.3, -0.25) is 4.98 Å². The third-order valence-electron chi connectivity index (χ3n) is 3.08. The van der Waals surface area contributed by atoms with E-state index in [0.717, 1.165) is 10.5 Å².